The lowest BCUT2D eigenvalue weighted by atomic mass is 9.89. The van der Waals surface area contributed by atoms with E-state index in [1.165, 1.54) is 19.4 Å². The second-order valence-electron chi connectivity index (χ2n) is 5.65. The predicted octanol–water partition coefficient (Wildman–Crippen LogP) is 3.18. The topological polar surface area (TPSA) is 29.5 Å². The van der Waals surface area contributed by atoms with Gasteiger partial charge in [-0.05, 0) is 31.9 Å². The van der Waals surface area contributed by atoms with Crippen LogP contribution in [0.5, 0.6) is 0 Å². The van der Waals surface area contributed by atoms with Gasteiger partial charge in [-0.1, -0.05) is 18.9 Å². The van der Waals surface area contributed by atoms with Crippen molar-refractivity contribution in [1.82, 2.24) is 0 Å². The molecule has 1 saturated carbocycles. The van der Waals surface area contributed by atoms with E-state index in [2.05, 4.69) is 4.90 Å². The number of halogens is 1. The zero-order valence-corrected chi connectivity index (χ0v) is 11.8. The minimum absolute atomic E-state index is 0.0849. The highest BCUT2D eigenvalue weighted by Crippen LogP contribution is 2.35. The van der Waals surface area contributed by atoms with Crippen LogP contribution in [-0.2, 0) is 4.74 Å². The fourth-order valence-corrected chi connectivity index (χ4v) is 3.47. The second kappa shape index (κ2) is 5.52. The summed E-state index contributed by atoms with van der Waals surface area (Å²) < 4.78 is 20.1. The molecule has 3 nitrogen and oxygen atoms in total. The Morgan fingerprint density at radius 3 is 2.95 bits per heavy atom. The summed E-state index contributed by atoms with van der Waals surface area (Å²) in [5, 5.41) is 0. The van der Waals surface area contributed by atoms with Gasteiger partial charge in [-0.25, -0.2) is 4.39 Å². The van der Waals surface area contributed by atoms with Gasteiger partial charge in [0.15, 0.2) is 5.78 Å². The molecule has 2 fully saturated rings. The lowest BCUT2D eigenvalue weighted by molar-refractivity contribution is -0.00896. The van der Waals surface area contributed by atoms with Crippen molar-refractivity contribution in [2.75, 3.05) is 18.1 Å². The number of carbonyl (C=O) groups is 1. The van der Waals surface area contributed by atoms with Gasteiger partial charge >= 0.3 is 0 Å². The molecule has 1 aliphatic carbocycles. The molecule has 0 radical (unpaired) electrons. The maximum Gasteiger partial charge on any atom is 0.161 e. The molecular weight excluding hydrogens is 257 g/mol. The van der Waals surface area contributed by atoms with E-state index in [9.17, 15) is 9.18 Å². The molecule has 1 heterocycles. The highest BCUT2D eigenvalue weighted by atomic mass is 19.1. The summed E-state index contributed by atoms with van der Waals surface area (Å²) in [7, 11) is 0. The van der Waals surface area contributed by atoms with Crippen LogP contribution in [0.25, 0.3) is 0 Å². The molecule has 1 saturated heterocycles. The molecule has 0 N–H and O–H groups in total. The van der Waals surface area contributed by atoms with Crippen molar-refractivity contribution in [3.05, 3.63) is 29.6 Å². The Morgan fingerprint density at radius 1 is 1.35 bits per heavy atom. The van der Waals surface area contributed by atoms with E-state index in [0.717, 1.165) is 19.3 Å². The van der Waals surface area contributed by atoms with Gasteiger partial charge in [0.2, 0.25) is 0 Å². The fraction of sp³-hybridized carbons (Fsp3) is 0.562. The smallest absolute Gasteiger partial charge is 0.161 e. The third kappa shape index (κ3) is 2.33. The van der Waals surface area contributed by atoms with Gasteiger partial charge in [0.25, 0.3) is 0 Å². The maximum absolute atomic E-state index is 14.3. The van der Waals surface area contributed by atoms with Gasteiger partial charge in [-0.15, -0.1) is 0 Å². The quantitative estimate of drug-likeness (QED) is 0.778. The highest BCUT2D eigenvalue weighted by Gasteiger charge is 2.36. The molecule has 3 rings (SSSR count). The van der Waals surface area contributed by atoms with E-state index in [4.69, 9.17) is 4.74 Å². The Morgan fingerprint density at radius 2 is 2.15 bits per heavy atom. The summed E-state index contributed by atoms with van der Waals surface area (Å²) >= 11 is 0. The van der Waals surface area contributed by atoms with Gasteiger partial charge in [0, 0.05) is 12.1 Å². The van der Waals surface area contributed by atoms with Crippen LogP contribution < -0.4 is 4.90 Å². The van der Waals surface area contributed by atoms with Crippen molar-refractivity contribution in [2.45, 2.75) is 44.8 Å². The van der Waals surface area contributed by atoms with Crippen molar-refractivity contribution >= 4 is 11.5 Å². The SMILES string of the molecule is CC(=O)c1cccc(F)c1N1CCOC2CCCCC21. The predicted molar refractivity (Wildman–Crippen MR) is 75.7 cm³/mol. The van der Waals surface area contributed by atoms with Crippen molar-refractivity contribution in [3.63, 3.8) is 0 Å². The number of Topliss-reactive ketones (excluding diaryl/α,β-unsaturated/α-hetero) is 1. The normalized spacial score (nSPS) is 26.2. The molecule has 0 amide bonds. The first-order chi connectivity index (χ1) is 9.68. The Balaban J connectivity index is 2.00. The van der Waals surface area contributed by atoms with Crippen LogP contribution in [0.15, 0.2) is 18.2 Å². The third-order valence-corrected chi connectivity index (χ3v) is 4.39. The number of benzene rings is 1. The molecule has 2 atom stereocenters. The summed E-state index contributed by atoms with van der Waals surface area (Å²) in [4.78, 5) is 13.9. The first kappa shape index (κ1) is 13.6. The van der Waals surface area contributed by atoms with E-state index in [-0.39, 0.29) is 23.7 Å². The second-order valence-corrected chi connectivity index (χ2v) is 5.65. The van der Waals surface area contributed by atoms with E-state index >= 15 is 0 Å². The van der Waals surface area contributed by atoms with Crippen LogP contribution in [-0.4, -0.2) is 31.1 Å². The number of ketones is 1. The van der Waals surface area contributed by atoms with Crippen LogP contribution in [0.1, 0.15) is 43.0 Å². The largest absolute Gasteiger partial charge is 0.374 e. The van der Waals surface area contributed by atoms with Crippen LogP contribution in [0.2, 0.25) is 0 Å². The molecule has 1 aliphatic heterocycles. The molecule has 0 bridgehead atoms. The minimum atomic E-state index is -0.302. The van der Waals surface area contributed by atoms with Crippen molar-refractivity contribution in [2.24, 2.45) is 0 Å². The molecule has 2 aliphatic rings. The van der Waals surface area contributed by atoms with Crippen molar-refractivity contribution in [3.8, 4) is 0 Å². The zero-order valence-electron chi connectivity index (χ0n) is 11.8. The minimum Gasteiger partial charge on any atom is -0.374 e. The monoisotopic (exact) mass is 277 g/mol. The maximum atomic E-state index is 14.3. The molecule has 108 valence electrons. The highest BCUT2D eigenvalue weighted by molar-refractivity contribution is 6.00. The van der Waals surface area contributed by atoms with Gasteiger partial charge in [-0.3, -0.25) is 4.79 Å². The molecule has 2 unspecified atom stereocenters. The zero-order chi connectivity index (χ0) is 14.1. The number of anilines is 1. The van der Waals surface area contributed by atoms with E-state index < -0.39 is 0 Å². The Hall–Kier alpha value is -1.42. The van der Waals surface area contributed by atoms with Crippen molar-refractivity contribution < 1.29 is 13.9 Å². The average Bonchev–Trinajstić information content (AvgIpc) is 2.46. The first-order valence-electron chi connectivity index (χ1n) is 7.36. The molecule has 1 aromatic carbocycles. The summed E-state index contributed by atoms with van der Waals surface area (Å²) in [6.07, 6.45) is 4.54. The van der Waals surface area contributed by atoms with Crippen LogP contribution in [0, 0.1) is 5.82 Å². The third-order valence-electron chi connectivity index (χ3n) is 4.39. The fourth-order valence-electron chi connectivity index (χ4n) is 3.47. The Labute approximate surface area is 118 Å². The number of carbonyl (C=O) groups excluding carboxylic acids is 1. The van der Waals surface area contributed by atoms with Crippen LogP contribution in [0.4, 0.5) is 10.1 Å². The number of hydrogen-bond donors (Lipinski definition) is 0. The van der Waals surface area contributed by atoms with Gasteiger partial charge in [0.1, 0.15) is 5.82 Å². The van der Waals surface area contributed by atoms with Crippen LogP contribution in [0.3, 0.4) is 0 Å². The molecule has 4 heteroatoms. The molecule has 0 spiro atoms. The summed E-state index contributed by atoms with van der Waals surface area (Å²) in [6.45, 7) is 2.76. The lowest BCUT2D eigenvalue weighted by Crippen LogP contribution is -2.53. The Kier molecular flexibility index (Phi) is 3.74. The number of ether oxygens (including phenoxy) is 1. The van der Waals surface area contributed by atoms with Crippen molar-refractivity contribution in [1.29, 1.82) is 0 Å². The Bertz CT molecular complexity index is 515. The van der Waals surface area contributed by atoms with Gasteiger partial charge in [0.05, 0.1) is 24.4 Å². The first-order valence-corrected chi connectivity index (χ1v) is 7.36. The van der Waals surface area contributed by atoms with Gasteiger partial charge in [-0.2, -0.15) is 0 Å². The number of hydrogen-bond acceptors (Lipinski definition) is 3. The van der Waals surface area contributed by atoms with E-state index in [1.807, 2.05) is 0 Å². The van der Waals surface area contributed by atoms with E-state index in [1.54, 1.807) is 12.1 Å². The molecule has 0 aromatic heterocycles. The van der Waals surface area contributed by atoms with E-state index in [0.29, 0.717) is 24.4 Å². The van der Waals surface area contributed by atoms with Gasteiger partial charge < -0.3 is 9.64 Å². The molecular formula is C16H20FNO2. The summed E-state index contributed by atoms with van der Waals surface area (Å²) in [5.41, 5.74) is 0.955. The average molecular weight is 277 g/mol. The summed E-state index contributed by atoms with van der Waals surface area (Å²) in [6, 6.07) is 4.96. The lowest BCUT2D eigenvalue weighted by Gasteiger charge is -2.45. The molecule has 1 aromatic rings. The number of morpholine rings is 1. The summed E-state index contributed by atoms with van der Waals surface area (Å²) in [5.74, 6) is -0.387. The number of nitrogens with zero attached hydrogens (tertiary/aromatic N) is 1. The standard InChI is InChI=1S/C16H20FNO2/c1-11(19)12-5-4-6-13(17)16(12)18-9-10-20-15-8-3-2-7-14(15)18/h4-6,14-15H,2-3,7-10H2,1H3. The number of para-hydroxylation sites is 1. The molecule has 20 heavy (non-hydrogen) atoms. The van der Waals surface area contributed by atoms with Crippen LogP contribution >= 0.6 is 0 Å². The number of fused-ring (bicyclic) bond motifs is 1. The number of rotatable bonds is 2.